The Hall–Kier alpha value is -1.36. The highest BCUT2D eigenvalue weighted by molar-refractivity contribution is 7.85. The summed E-state index contributed by atoms with van der Waals surface area (Å²) in [7, 11) is -2.84. The summed E-state index contributed by atoms with van der Waals surface area (Å²) in [5.74, 6) is -0.495. The van der Waals surface area contributed by atoms with Gasteiger partial charge in [-0.1, -0.05) is 42.5 Å². The summed E-state index contributed by atoms with van der Waals surface area (Å²) in [6.45, 7) is 0. The number of hydrogen-bond acceptors (Lipinski definition) is 1. The SMILES string of the molecule is O=[S@@](Cc1cccc2ccccc12)C(F)(F)F. The number of rotatable bonds is 2. The fraction of sp³-hybridized carbons (Fsp3) is 0.167. The lowest BCUT2D eigenvalue weighted by molar-refractivity contribution is -0.0385. The fourth-order valence-corrected chi connectivity index (χ4v) is 2.34. The molecule has 1 nitrogen and oxygen atoms in total. The van der Waals surface area contributed by atoms with Gasteiger partial charge in [-0.05, 0) is 16.3 Å². The van der Waals surface area contributed by atoms with Crippen molar-refractivity contribution in [2.75, 3.05) is 0 Å². The maximum atomic E-state index is 12.2. The van der Waals surface area contributed by atoms with Gasteiger partial charge in [0.25, 0.3) is 0 Å². The molecule has 90 valence electrons. The van der Waals surface area contributed by atoms with E-state index in [0.717, 1.165) is 5.39 Å². The van der Waals surface area contributed by atoms with Gasteiger partial charge in [0.05, 0.1) is 5.75 Å². The normalized spacial score (nSPS) is 13.8. The molecule has 0 aliphatic heterocycles. The van der Waals surface area contributed by atoms with Crippen molar-refractivity contribution in [1.82, 2.24) is 0 Å². The summed E-state index contributed by atoms with van der Waals surface area (Å²) in [6.07, 6.45) is 0. The van der Waals surface area contributed by atoms with Crippen LogP contribution in [0, 0.1) is 0 Å². The highest BCUT2D eigenvalue weighted by Gasteiger charge is 2.36. The third-order valence-corrected chi connectivity index (χ3v) is 3.51. The van der Waals surface area contributed by atoms with Gasteiger partial charge in [-0.15, -0.1) is 0 Å². The second-order valence-electron chi connectivity index (χ2n) is 3.57. The van der Waals surface area contributed by atoms with Crippen molar-refractivity contribution in [1.29, 1.82) is 0 Å². The number of alkyl halides is 3. The Morgan fingerprint density at radius 1 is 1.00 bits per heavy atom. The minimum Gasteiger partial charge on any atom is -0.250 e. The van der Waals surface area contributed by atoms with Crippen LogP contribution in [0.4, 0.5) is 13.2 Å². The van der Waals surface area contributed by atoms with E-state index in [1.807, 2.05) is 18.2 Å². The van der Waals surface area contributed by atoms with Crippen molar-refractivity contribution in [2.45, 2.75) is 11.3 Å². The lowest BCUT2D eigenvalue weighted by Crippen LogP contribution is -2.17. The first-order valence-corrected chi connectivity index (χ1v) is 6.22. The second kappa shape index (κ2) is 4.49. The lowest BCUT2D eigenvalue weighted by atomic mass is 10.1. The van der Waals surface area contributed by atoms with Gasteiger partial charge in [-0.2, -0.15) is 13.2 Å². The molecule has 0 radical (unpaired) electrons. The number of fused-ring (bicyclic) bond motifs is 1. The summed E-state index contributed by atoms with van der Waals surface area (Å²) in [6, 6.07) is 12.2. The monoisotopic (exact) mass is 258 g/mol. The van der Waals surface area contributed by atoms with Gasteiger partial charge in [-0.25, -0.2) is 0 Å². The summed E-state index contributed by atoms with van der Waals surface area (Å²) in [4.78, 5) is 0. The largest absolute Gasteiger partial charge is 0.471 e. The first kappa shape index (κ1) is 12.1. The molecule has 0 saturated heterocycles. The van der Waals surface area contributed by atoms with Crippen molar-refractivity contribution in [2.24, 2.45) is 0 Å². The van der Waals surface area contributed by atoms with Gasteiger partial charge < -0.3 is 0 Å². The van der Waals surface area contributed by atoms with Crippen LogP contribution in [-0.4, -0.2) is 9.72 Å². The summed E-state index contributed by atoms with van der Waals surface area (Å²) >= 11 is 0. The molecule has 5 heteroatoms. The Bertz CT molecular complexity index is 558. The quantitative estimate of drug-likeness (QED) is 0.804. The van der Waals surface area contributed by atoms with Crippen molar-refractivity contribution >= 4 is 21.6 Å². The summed E-state index contributed by atoms with van der Waals surface area (Å²) < 4.78 is 47.8. The molecule has 0 N–H and O–H groups in total. The first-order valence-electron chi connectivity index (χ1n) is 4.90. The average molecular weight is 258 g/mol. The van der Waals surface area contributed by atoms with Gasteiger partial charge >= 0.3 is 5.51 Å². The first-order chi connectivity index (χ1) is 7.98. The second-order valence-corrected chi connectivity index (χ2v) is 5.02. The minimum absolute atomic E-state index is 0.457. The van der Waals surface area contributed by atoms with E-state index in [9.17, 15) is 17.4 Å². The zero-order valence-corrected chi connectivity index (χ0v) is 9.52. The smallest absolute Gasteiger partial charge is 0.250 e. The zero-order chi connectivity index (χ0) is 12.5. The van der Waals surface area contributed by atoms with Crippen molar-refractivity contribution in [3.63, 3.8) is 0 Å². The zero-order valence-electron chi connectivity index (χ0n) is 8.70. The van der Waals surface area contributed by atoms with E-state index in [-0.39, 0.29) is 0 Å². The van der Waals surface area contributed by atoms with Crippen LogP contribution in [-0.2, 0) is 16.6 Å². The van der Waals surface area contributed by atoms with Gasteiger partial charge in [0, 0.05) is 0 Å². The van der Waals surface area contributed by atoms with Crippen LogP contribution in [0.2, 0.25) is 0 Å². The number of halogens is 3. The Morgan fingerprint density at radius 3 is 2.35 bits per heavy atom. The molecule has 0 aromatic heterocycles. The Balaban J connectivity index is 2.40. The fourth-order valence-electron chi connectivity index (χ4n) is 1.64. The maximum Gasteiger partial charge on any atom is 0.471 e. The van der Waals surface area contributed by atoms with Crippen molar-refractivity contribution in [3.8, 4) is 0 Å². The molecule has 0 unspecified atom stereocenters. The molecule has 0 heterocycles. The molecule has 0 saturated carbocycles. The Kier molecular flexibility index (Phi) is 3.19. The molecule has 0 fully saturated rings. The molecule has 17 heavy (non-hydrogen) atoms. The van der Waals surface area contributed by atoms with E-state index >= 15 is 0 Å². The third-order valence-electron chi connectivity index (χ3n) is 2.42. The van der Waals surface area contributed by atoms with Crippen LogP contribution in [0.25, 0.3) is 10.8 Å². The summed E-state index contributed by atoms with van der Waals surface area (Å²) in [5.41, 5.74) is -4.20. The molecule has 0 aliphatic rings. The Labute approximate surface area is 98.7 Å². The molecule has 0 bridgehead atoms. The van der Waals surface area contributed by atoms with Crippen LogP contribution in [0.15, 0.2) is 42.5 Å². The van der Waals surface area contributed by atoms with E-state index in [4.69, 9.17) is 0 Å². The highest BCUT2D eigenvalue weighted by Crippen LogP contribution is 2.26. The van der Waals surface area contributed by atoms with Gasteiger partial charge in [-0.3, -0.25) is 4.21 Å². The van der Waals surface area contributed by atoms with Crippen LogP contribution in [0.1, 0.15) is 5.56 Å². The number of benzene rings is 2. The molecule has 0 spiro atoms. The van der Waals surface area contributed by atoms with Crippen LogP contribution in [0.3, 0.4) is 0 Å². The highest BCUT2D eigenvalue weighted by atomic mass is 32.2. The topological polar surface area (TPSA) is 17.1 Å². The van der Waals surface area contributed by atoms with E-state index in [1.165, 1.54) is 0 Å². The Morgan fingerprint density at radius 2 is 1.65 bits per heavy atom. The molecule has 1 atom stereocenters. The van der Waals surface area contributed by atoms with Crippen LogP contribution in [0.5, 0.6) is 0 Å². The van der Waals surface area contributed by atoms with E-state index in [0.29, 0.717) is 10.9 Å². The molecular formula is C12H9F3OS. The van der Waals surface area contributed by atoms with E-state index in [2.05, 4.69) is 0 Å². The van der Waals surface area contributed by atoms with Gasteiger partial charge in [0.1, 0.15) is 10.8 Å². The maximum absolute atomic E-state index is 12.2. The molecular weight excluding hydrogens is 249 g/mol. The lowest BCUT2D eigenvalue weighted by Gasteiger charge is -2.08. The van der Waals surface area contributed by atoms with Crippen molar-refractivity contribution < 1.29 is 17.4 Å². The van der Waals surface area contributed by atoms with Gasteiger partial charge in [0.2, 0.25) is 0 Å². The van der Waals surface area contributed by atoms with E-state index < -0.39 is 22.1 Å². The van der Waals surface area contributed by atoms with E-state index in [1.54, 1.807) is 24.3 Å². The minimum atomic E-state index is -4.66. The molecule has 0 aliphatic carbocycles. The predicted octanol–water partition coefficient (Wildman–Crippen LogP) is 3.61. The standard InChI is InChI=1S/C12H9F3OS/c13-12(14,15)17(16)8-10-6-3-5-9-4-1-2-7-11(9)10/h1-7H,8H2/t17-/m0/s1. The molecule has 2 aromatic rings. The molecule has 2 aromatic carbocycles. The predicted molar refractivity (Wildman–Crippen MR) is 61.8 cm³/mol. The van der Waals surface area contributed by atoms with Crippen molar-refractivity contribution in [3.05, 3.63) is 48.0 Å². The summed E-state index contributed by atoms with van der Waals surface area (Å²) in [5, 5.41) is 1.57. The average Bonchev–Trinajstić information content (AvgIpc) is 2.28. The van der Waals surface area contributed by atoms with Gasteiger partial charge in [0.15, 0.2) is 0 Å². The third kappa shape index (κ3) is 2.66. The number of hydrogen-bond donors (Lipinski definition) is 0. The van der Waals surface area contributed by atoms with Crippen LogP contribution < -0.4 is 0 Å². The molecule has 0 amide bonds. The molecule has 2 rings (SSSR count). The van der Waals surface area contributed by atoms with Crippen LogP contribution >= 0.6 is 0 Å².